The molecule has 0 radical (unpaired) electrons. The molecule has 0 aromatic carbocycles. The minimum Gasteiger partial charge on any atom is -0.480 e. The molecule has 21 heavy (non-hydrogen) atoms. The lowest BCUT2D eigenvalue weighted by Gasteiger charge is -2.31. The van der Waals surface area contributed by atoms with E-state index in [4.69, 9.17) is 0 Å². The average Bonchev–Trinajstić information content (AvgIpc) is 2.67. The Morgan fingerprint density at radius 1 is 1.29 bits per heavy atom. The van der Waals surface area contributed by atoms with Gasteiger partial charge in [0.1, 0.15) is 5.54 Å². The van der Waals surface area contributed by atoms with Gasteiger partial charge in [0, 0.05) is 13.1 Å². The van der Waals surface area contributed by atoms with Crippen molar-refractivity contribution >= 4 is 5.97 Å². The number of carboxylic acids is 1. The molecule has 0 amide bonds. The lowest BCUT2D eigenvalue weighted by atomic mass is 9.86. The number of nitrogens with zero attached hydrogens (tertiary/aromatic N) is 1. The highest BCUT2D eigenvalue weighted by atomic mass is 16.4. The normalized spacial score (nSPS) is 27.0. The minimum absolute atomic E-state index is 0.658. The van der Waals surface area contributed by atoms with Crippen molar-refractivity contribution in [1.82, 2.24) is 10.2 Å². The summed E-state index contributed by atoms with van der Waals surface area (Å²) in [5.74, 6) is 0.674. The van der Waals surface area contributed by atoms with Crippen LogP contribution in [0, 0.1) is 11.8 Å². The Bertz CT molecular complexity index is 316. The van der Waals surface area contributed by atoms with Gasteiger partial charge in [0.15, 0.2) is 0 Å². The molecule has 0 saturated heterocycles. The lowest BCUT2D eigenvalue weighted by molar-refractivity contribution is -0.145. The average molecular weight is 298 g/mol. The molecule has 1 aliphatic carbocycles. The summed E-state index contributed by atoms with van der Waals surface area (Å²) in [6.07, 6.45) is 4.76. The SMILES string of the molecule is CCN(CC)CCNC1(C(=O)O)CCCC(C(C)C)CC1. The van der Waals surface area contributed by atoms with Gasteiger partial charge in [-0.25, -0.2) is 0 Å². The molecule has 1 rings (SSSR count). The van der Waals surface area contributed by atoms with E-state index in [0.29, 0.717) is 11.8 Å². The topological polar surface area (TPSA) is 52.6 Å². The molecule has 4 heteroatoms. The van der Waals surface area contributed by atoms with Crippen molar-refractivity contribution in [3.05, 3.63) is 0 Å². The molecule has 0 aliphatic heterocycles. The minimum atomic E-state index is -0.698. The fourth-order valence-electron chi connectivity index (χ4n) is 3.49. The number of rotatable bonds is 8. The molecular weight excluding hydrogens is 264 g/mol. The summed E-state index contributed by atoms with van der Waals surface area (Å²) in [7, 11) is 0. The number of carboxylic acid groups (broad SMARTS) is 1. The largest absolute Gasteiger partial charge is 0.480 e. The monoisotopic (exact) mass is 298 g/mol. The molecule has 124 valence electrons. The number of carbonyl (C=O) groups is 1. The molecular formula is C17H34N2O2. The molecule has 0 aromatic rings. The van der Waals surface area contributed by atoms with Crippen LogP contribution in [-0.2, 0) is 4.79 Å². The van der Waals surface area contributed by atoms with Crippen LogP contribution in [-0.4, -0.2) is 47.7 Å². The van der Waals surface area contributed by atoms with Gasteiger partial charge in [0.05, 0.1) is 0 Å². The maximum atomic E-state index is 11.8. The molecule has 4 nitrogen and oxygen atoms in total. The third-order valence-corrected chi connectivity index (χ3v) is 5.26. The molecule has 2 unspecified atom stereocenters. The van der Waals surface area contributed by atoms with Gasteiger partial charge in [0.25, 0.3) is 0 Å². The van der Waals surface area contributed by atoms with Gasteiger partial charge in [-0.3, -0.25) is 4.79 Å². The van der Waals surface area contributed by atoms with Crippen LogP contribution in [0.4, 0.5) is 0 Å². The highest BCUT2D eigenvalue weighted by Crippen LogP contribution is 2.34. The third kappa shape index (κ3) is 5.26. The lowest BCUT2D eigenvalue weighted by Crippen LogP contribution is -2.53. The second-order valence-corrected chi connectivity index (χ2v) is 6.78. The van der Waals surface area contributed by atoms with E-state index < -0.39 is 11.5 Å². The van der Waals surface area contributed by atoms with Crippen molar-refractivity contribution in [3.8, 4) is 0 Å². The summed E-state index contributed by atoms with van der Waals surface area (Å²) in [6, 6.07) is 0. The number of hydrogen-bond acceptors (Lipinski definition) is 3. The number of hydrogen-bond donors (Lipinski definition) is 2. The zero-order chi connectivity index (χ0) is 15.9. The molecule has 1 aliphatic rings. The fourth-order valence-corrected chi connectivity index (χ4v) is 3.49. The van der Waals surface area contributed by atoms with Crippen molar-refractivity contribution in [1.29, 1.82) is 0 Å². The van der Waals surface area contributed by atoms with E-state index in [1.165, 1.54) is 6.42 Å². The molecule has 0 bridgehead atoms. The van der Waals surface area contributed by atoms with Crippen LogP contribution in [0.25, 0.3) is 0 Å². The summed E-state index contributed by atoms with van der Waals surface area (Å²) in [5, 5.41) is 13.1. The first kappa shape index (κ1) is 18.4. The first-order valence-electron chi connectivity index (χ1n) is 8.66. The highest BCUT2D eigenvalue weighted by molar-refractivity contribution is 5.78. The van der Waals surface area contributed by atoms with E-state index in [-0.39, 0.29) is 0 Å². The fraction of sp³-hybridized carbons (Fsp3) is 0.941. The summed E-state index contributed by atoms with van der Waals surface area (Å²) in [4.78, 5) is 14.2. The van der Waals surface area contributed by atoms with Gasteiger partial charge in [-0.2, -0.15) is 0 Å². The van der Waals surface area contributed by atoms with Crippen molar-refractivity contribution < 1.29 is 9.90 Å². The summed E-state index contributed by atoms with van der Waals surface area (Å²) < 4.78 is 0. The third-order valence-electron chi connectivity index (χ3n) is 5.26. The molecule has 1 saturated carbocycles. The van der Waals surface area contributed by atoms with Gasteiger partial charge in [0.2, 0.25) is 0 Å². The Balaban J connectivity index is 2.60. The molecule has 2 N–H and O–H groups in total. The smallest absolute Gasteiger partial charge is 0.323 e. The Hall–Kier alpha value is -0.610. The van der Waals surface area contributed by atoms with Crippen molar-refractivity contribution in [2.45, 2.75) is 65.3 Å². The summed E-state index contributed by atoms with van der Waals surface area (Å²) in [6.45, 7) is 12.5. The molecule has 1 fully saturated rings. The predicted molar refractivity (Wildman–Crippen MR) is 87.6 cm³/mol. The van der Waals surface area contributed by atoms with E-state index in [2.05, 4.69) is 37.9 Å². The van der Waals surface area contributed by atoms with Crippen molar-refractivity contribution in [2.75, 3.05) is 26.2 Å². The van der Waals surface area contributed by atoms with E-state index in [1.807, 2.05) is 0 Å². The second kappa shape index (κ2) is 8.74. The van der Waals surface area contributed by atoms with Gasteiger partial charge in [-0.15, -0.1) is 0 Å². The predicted octanol–water partition coefficient (Wildman–Crippen LogP) is 2.98. The Labute approximate surface area is 130 Å². The van der Waals surface area contributed by atoms with Gasteiger partial charge in [-0.1, -0.05) is 40.5 Å². The number of likely N-dealkylation sites (N-methyl/N-ethyl adjacent to an activating group) is 1. The van der Waals surface area contributed by atoms with Crippen LogP contribution >= 0.6 is 0 Å². The van der Waals surface area contributed by atoms with Gasteiger partial charge >= 0.3 is 5.97 Å². The highest BCUT2D eigenvalue weighted by Gasteiger charge is 2.39. The maximum absolute atomic E-state index is 11.8. The van der Waals surface area contributed by atoms with Crippen LogP contribution in [0.15, 0.2) is 0 Å². The van der Waals surface area contributed by atoms with Crippen molar-refractivity contribution in [3.63, 3.8) is 0 Å². The summed E-state index contributed by atoms with van der Waals surface area (Å²) >= 11 is 0. The maximum Gasteiger partial charge on any atom is 0.323 e. The molecule has 2 atom stereocenters. The second-order valence-electron chi connectivity index (χ2n) is 6.78. The molecule has 0 aromatic heterocycles. The van der Waals surface area contributed by atoms with Crippen LogP contribution in [0.2, 0.25) is 0 Å². The molecule has 0 heterocycles. The van der Waals surface area contributed by atoms with E-state index in [1.54, 1.807) is 0 Å². The van der Waals surface area contributed by atoms with Crippen LogP contribution in [0.1, 0.15) is 59.8 Å². The first-order chi connectivity index (χ1) is 9.95. The zero-order valence-corrected chi connectivity index (χ0v) is 14.3. The molecule has 0 spiro atoms. The van der Waals surface area contributed by atoms with E-state index >= 15 is 0 Å². The van der Waals surface area contributed by atoms with E-state index in [9.17, 15) is 9.90 Å². The van der Waals surface area contributed by atoms with Gasteiger partial charge in [-0.05, 0) is 44.2 Å². The van der Waals surface area contributed by atoms with Gasteiger partial charge < -0.3 is 15.3 Å². The van der Waals surface area contributed by atoms with Crippen molar-refractivity contribution in [2.24, 2.45) is 11.8 Å². The summed E-state index contributed by atoms with van der Waals surface area (Å²) in [5.41, 5.74) is -0.698. The number of nitrogens with one attached hydrogen (secondary N) is 1. The Morgan fingerprint density at radius 2 is 1.95 bits per heavy atom. The Kier molecular flexibility index (Phi) is 7.67. The zero-order valence-electron chi connectivity index (χ0n) is 14.3. The van der Waals surface area contributed by atoms with Crippen LogP contribution < -0.4 is 5.32 Å². The van der Waals surface area contributed by atoms with Crippen LogP contribution in [0.3, 0.4) is 0 Å². The van der Waals surface area contributed by atoms with Crippen LogP contribution in [0.5, 0.6) is 0 Å². The standard InChI is InChI=1S/C17H34N2O2/c1-5-19(6-2)13-12-18-17(16(20)21)10-7-8-15(9-11-17)14(3)4/h14-15,18H,5-13H2,1-4H3,(H,20,21). The number of aliphatic carboxylic acids is 1. The Morgan fingerprint density at radius 3 is 2.48 bits per heavy atom. The van der Waals surface area contributed by atoms with E-state index in [0.717, 1.165) is 51.9 Å². The first-order valence-corrected chi connectivity index (χ1v) is 8.66. The quantitative estimate of drug-likeness (QED) is 0.676.